The van der Waals surface area contributed by atoms with Gasteiger partial charge in [0.15, 0.2) is 4.34 Å². The maximum atomic E-state index is 11.9. The predicted molar refractivity (Wildman–Crippen MR) is 93.9 cm³/mol. The van der Waals surface area contributed by atoms with Crippen LogP contribution < -0.4 is 5.32 Å². The van der Waals surface area contributed by atoms with Crippen LogP contribution in [-0.4, -0.2) is 26.6 Å². The summed E-state index contributed by atoms with van der Waals surface area (Å²) in [7, 11) is 0. The number of carbonyl (C=O) groups excluding carboxylic acids is 1. The van der Waals surface area contributed by atoms with E-state index in [-0.39, 0.29) is 11.7 Å². The Bertz CT molecular complexity index is 793. The Morgan fingerprint density at radius 3 is 2.70 bits per heavy atom. The summed E-state index contributed by atoms with van der Waals surface area (Å²) in [6, 6.07) is 9.20. The minimum atomic E-state index is -0.163. The summed E-state index contributed by atoms with van der Waals surface area (Å²) >= 11 is 8.76. The third-order valence-corrected chi connectivity index (χ3v) is 5.04. The fourth-order valence-electron chi connectivity index (χ4n) is 1.73. The van der Waals surface area contributed by atoms with Crippen LogP contribution in [0.25, 0.3) is 11.3 Å². The Labute approximate surface area is 146 Å². The molecule has 8 heteroatoms. The Kier molecular flexibility index (Phi) is 5.22. The van der Waals surface area contributed by atoms with Gasteiger partial charge in [0.1, 0.15) is 0 Å². The molecule has 1 aromatic carbocycles. The lowest BCUT2D eigenvalue weighted by Crippen LogP contribution is -2.15. The highest BCUT2D eigenvalue weighted by atomic mass is 35.5. The number of aromatic nitrogens is 3. The SMILES string of the molecule is O=C(CSc1nc(-c2ccc(Cl)cc2)cs1)Nc1ncccn1. The molecule has 116 valence electrons. The molecule has 0 aliphatic carbocycles. The molecule has 23 heavy (non-hydrogen) atoms. The second-order valence-electron chi connectivity index (χ2n) is 4.41. The summed E-state index contributed by atoms with van der Waals surface area (Å²) in [5, 5.41) is 5.29. The van der Waals surface area contributed by atoms with Gasteiger partial charge in [0.05, 0.1) is 11.4 Å². The van der Waals surface area contributed by atoms with Crippen LogP contribution >= 0.6 is 34.7 Å². The molecule has 0 bridgehead atoms. The van der Waals surface area contributed by atoms with Gasteiger partial charge in [0, 0.05) is 28.4 Å². The molecule has 3 aromatic rings. The molecule has 0 aliphatic rings. The molecule has 0 unspecified atom stereocenters. The van der Waals surface area contributed by atoms with Gasteiger partial charge in [-0.05, 0) is 18.2 Å². The summed E-state index contributed by atoms with van der Waals surface area (Å²) in [6.07, 6.45) is 3.16. The number of benzene rings is 1. The zero-order valence-electron chi connectivity index (χ0n) is 11.8. The highest BCUT2D eigenvalue weighted by molar-refractivity contribution is 8.01. The summed E-state index contributed by atoms with van der Waals surface area (Å²) in [4.78, 5) is 24.3. The summed E-state index contributed by atoms with van der Waals surface area (Å²) in [5.74, 6) is 0.398. The van der Waals surface area contributed by atoms with Crippen molar-refractivity contribution < 1.29 is 4.79 Å². The summed E-state index contributed by atoms with van der Waals surface area (Å²) in [5.41, 5.74) is 1.88. The minimum Gasteiger partial charge on any atom is -0.294 e. The molecule has 2 heterocycles. The quantitative estimate of drug-likeness (QED) is 0.695. The monoisotopic (exact) mass is 362 g/mol. The first kappa shape index (κ1) is 15.9. The van der Waals surface area contributed by atoms with E-state index in [0.29, 0.717) is 11.0 Å². The van der Waals surface area contributed by atoms with Crippen LogP contribution in [0.1, 0.15) is 0 Å². The molecule has 0 fully saturated rings. The van der Waals surface area contributed by atoms with E-state index in [1.165, 1.54) is 23.1 Å². The van der Waals surface area contributed by atoms with Crippen molar-refractivity contribution in [2.24, 2.45) is 0 Å². The lowest BCUT2D eigenvalue weighted by Gasteiger charge is -2.01. The van der Waals surface area contributed by atoms with Crippen LogP contribution in [0.15, 0.2) is 52.4 Å². The van der Waals surface area contributed by atoms with E-state index in [1.807, 2.05) is 29.6 Å². The molecule has 2 aromatic heterocycles. The average molecular weight is 363 g/mol. The van der Waals surface area contributed by atoms with Crippen molar-refractivity contribution in [3.05, 3.63) is 53.1 Å². The van der Waals surface area contributed by atoms with E-state index in [4.69, 9.17) is 11.6 Å². The third kappa shape index (κ3) is 4.51. The van der Waals surface area contributed by atoms with Crippen molar-refractivity contribution >= 4 is 46.6 Å². The van der Waals surface area contributed by atoms with Gasteiger partial charge in [-0.3, -0.25) is 10.1 Å². The van der Waals surface area contributed by atoms with E-state index in [9.17, 15) is 4.79 Å². The lowest BCUT2D eigenvalue weighted by molar-refractivity contribution is -0.113. The molecule has 5 nitrogen and oxygen atoms in total. The van der Waals surface area contributed by atoms with Crippen molar-refractivity contribution in [2.75, 3.05) is 11.1 Å². The van der Waals surface area contributed by atoms with Crippen molar-refractivity contribution in [3.8, 4) is 11.3 Å². The third-order valence-electron chi connectivity index (χ3n) is 2.77. The molecule has 1 N–H and O–H groups in total. The van der Waals surface area contributed by atoms with Gasteiger partial charge in [-0.2, -0.15) is 0 Å². The number of nitrogens with zero attached hydrogens (tertiary/aromatic N) is 3. The second-order valence-corrected chi connectivity index (χ2v) is 6.93. The standard InChI is InChI=1S/C15H11ClN4OS2/c16-11-4-2-10(3-5-11)12-8-22-15(19-12)23-9-13(21)20-14-17-6-1-7-18-14/h1-8H,9H2,(H,17,18,20,21). The van der Waals surface area contributed by atoms with Gasteiger partial charge >= 0.3 is 0 Å². The first-order valence-electron chi connectivity index (χ1n) is 6.62. The van der Waals surface area contributed by atoms with Gasteiger partial charge in [-0.1, -0.05) is 35.5 Å². The van der Waals surface area contributed by atoms with Crippen molar-refractivity contribution in [2.45, 2.75) is 4.34 Å². The fourth-order valence-corrected chi connectivity index (χ4v) is 3.49. The highest BCUT2D eigenvalue weighted by Gasteiger charge is 2.09. The van der Waals surface area contributed by atoms with E-state index < -0.39 is 0 Å². The Morgan fingerprint density at radius 2 is 1.96 bits per heavy atom. The molecule has 0 saturated carbocycles. The highest BCUT2D eigenvalue weighted by Crippen LogP contribution is 2.28. The van der Waals surface area contributed by atoms with Crippen LogP contribution in [0.4, 0.5) is 5.95 Å². The maximum Gasteiger partial charge on any atom is 0.237 e. The van der Waals surface area contributed by atoms with E-state index in [2.05, 4.69) is 20.3 Å². The smallest absolute Gasteiger partial charge is 0.237 e. The fraction of sp³-hybridized carbons (Fsp3) is 0.0667. The van der Waals surface area contributed by atoms with Crippen LogP contribution in [-0.2, 0) is 4.79 Å². The van der Waals surface area contributed by atoms with Crippen LogP contribution in [0, 0.1) is 0 Å². The first-order chi connectivity index (χ1) is 11.2. The van der Waals surface area contributed by atoms with Gasteiger partial charge in [0.2, 0.25) is 11.9 Å². The van der Waals surface area contributed by atoms with Crippen molar-refractivity contribution in [1.82, 2.24) is 15.0 Å². The van der Waals surface area contributed by atoms with Crippen LogP contribution in [0.3, 0.4) is 0 Å². The maximum absolute atomic E-state index is 11.9. The van der Waals surface area contributed by atoms with Gasteiger partial charge in [0.25, 0.3) is 0 Å². The molecule has 0 spiro atoms. The summed E-state index contributed by atoms with van der Waals surface area (Å²) < 4.78 is 0.832. The van der Waals surface area contributed by atoms with Crippen molar-refractivity contribution in [3.63, 3.8) is 0 Å². The number of thioether (sulfide) groups is 1. The molecular weight excluding hydrogens is 352 g/mol. The predicted octanol–water partition coefficient (Wildman–Crippen LogP) is 3.98. The number of amides is 1. The second kappa shape index (κ2) is 7.54. The number of anilines is 1. The number of halogens is 1. The molecule has 0 radical (unpaired) electrons. The van der Waals surface area contributed by atoms with Crippen LogP contribution in [0.2, 0.25) is 5.02 Å². The van der Waals surface area contributed by atoms with E-state index in [1.54, 1.807) is 18.5 Å². The van der Waals surface area contributed by atoms with E-state index >= 15 is 0 Å². The number of hydrogen-bond donors (Lipinski definition) is 1. The normalized spacial score (nSPS) is 10.5. The van der Waals surface area contributed by atoms with Gasteiger partial charge in [-0.25, -0.2) is 15.0 Å². The zero-order valence-corrected chi connectivity index (χ0v) is 14.2. The zero-order chi connectivity index (χ0) is 16.1. The number of nitrogens with one attached hydrogen (secondary N) is 1. The van der Waals surface area contributed by atoms with Gasteiger partial charge in [-0.15, -0.1) is 11.3 Å². The summed E-state index contributed by atoms with van der Waals surface area (Å²) in [6.45, 7) is 0. The number of rotatable bonds is 5. The van der Waals surface area contributed by atoms with Crippen molar-refractivity contribution in [1.29, 1.82) is 0 Å². The van der Waals surface area contributed by atoms with Crippen LogP contribution in [0.5, 0.6) is 0 Å². The molecule has 0 saturated heterocycles. The molecule has 1 amide bonds. The van der Waals surface area contributed by atoms with Gasteiger partial charge < -0.3 is 0 Å². The number of thiazole rings is 1. The Morgan fingerprint density at radius 1 is 1.22 bits per heavy atom. The molecule has 3 rings (SSSR count). The molecule has 0 aliphatic heterocycles. The first-order valence-corrected chi connectivity index (χ1v) is 8.86. The van der Waals surface area contributed by atoms with E-state index in [0.717, 1.165) is 15.6 Å². The largest absolute Gasteiger partial charge is 0.294 e. The topological polar surface area (TPSA) is 67.8 Å². The Hall–Kier alpha value is -1.96. The molecule has 0 atom stereocenters. The average Bonchev–Trinajstić information content (AvgIpc) is 3.04. The number of hydrogen-bond acceptors (Lipinski definition) is 6. The number of carbonyl (C=O) groups is 1. The lowest BCUT2D eigenvalue weighted by atomic mass is 10.2. The Balaban J connectivity index is 1.57. The minimum absolute atomic E-state index is 0.163. The molecular formula is C15H11ClN4OS2.